The molecule has 0 fully saturated rings. The molecule has 2 atom stereocenters. The zero-order chi connectivity index (χ0) is 21.4. The third-order valence-electron chi connectivity index (χ3n) is 4.64. The molecule has 2 unspecified atom stereocenters. The van der Waals surface area contributed by atoms with Crippen molar-refractivity contribution in [3.8, 4) is 5.75 Å². The Morgan fingerprint density at radius 1 is 1.14 bits per heavy atom. The average Bonchev–Trinajstić information content (AvgIpc) is 2.71. The fraction of sp³-hybridized carbons (Fsp3) is 0.364. The van der Waals surface area contributed by atoms with E-state index >= 15 is 0 Å². The topological polar surface area (TPSA) is 58.6 Å². The van der Waals surface area contributed by atoms with E-state index in [0.29, 0.717) is 10.8 Å². The molecule has 0 aromatic heterocycles. The zero-order valence-corrected chi connectivity index (χ0v) is 19.2. The molecule has 0 bridgehead atoms. The van der Waals surface area contributed by atoms with Gasteiger partial charge in [0, 0.05) is 22.1 Å². The van der Waals surface area contributed by atoms with Gasteiger partial charge in [-0.3, -0.25) is 9.59 Å². The van der Waals surface area contributed by atoms with Gasteiger partial charge in [0.05, 0.1) is 0 Å². The number of carbonyl (C=O) groups is 2. The molecule has 156 valence electrons. The van der Waals surface area contributed by atoms with E-state index in [9.17, 15) is 9.59 Å². The van der Waals surface area contributed by atoms with Crippen LogP contribution in [-0.2, 0) is 16.1 Å². The first-order valence-corrected chi connectivity index (χ1v) is 10.7. The van der Waals surface area contributed by atoms with E-state index in [1.807, 2.05) is 44.2 Å². The number of amides is 2. The van der Waals surface area contributed by atoms with Crippen molar-refractivity contribution < 1.29 is 14.3 Å². The molecule has 0 heterocycles. The van der Waals surface area contributed by atoms with Crippen LogP contribution in [0.4, 0.5) is 0 Å². The minimum atomic E-state index is -0.665. The minimum absolute atomic E-state index is 0.0289. The summed E-state index contributed by atoms with van der Waals surface area (Å²) in [5, 5.41) is 3.48. The Balaban J connectivity index is 2.15. The molecule has 0 aliphatic rings. The molecule has 2 amide bonds. The van der Waals surface area contributed by atoms with Gasteiger partial charge in [-0.1, -0.05) is 52.7 Å². The lowest BCUT2D eigenvalue weighted by Crippen LogP contribution is -2.50. The van der Waals surface area contributed by atoms with Crippen LogP contribution in [-0.4, -0.2) is 35.4 Å². The number of hydrogen-bond donors (Lipinski definition) is 1. The third-order valence-corrected chi connectivity index (χ3v) is 5.54. The van der Waals surface area contributed by atoms with Crippen molar-refractivity contribution in [1.82, 2.24) is 10.2 Å². The molecule has 29 heavy (non-hydrogen) atoms. The summed E-state index contributed by atoms with van der Waals surface area (Å²) >= 11 is 9.64. The molecule has 1 N–H and O–H groups in total. The van der Waals surface area contributed by atoms with Crippen molar-refractivity contribution in [2.45, 2.75) is 45.8 Å². The summed E-state index contributed by atoms with van der Waals surface area (Å²) in [4.78, 5) is 27.1. The first kappa shape index (κ1) is 23.2. The quantitative estimate of drug-likeness (QED) is 0.559. The highest BCUT2D eigenvalue weighted by molar-refractivity contribution is 9.10. The van der Waals surface area contributed by atoms with Crippen molar-refractivity contribution in [3.63, 3.8) is 0 Å². The van der Waals surface area contributed by atoms with Crippen LogP contribution in [0.5, 0.6) is 5.75 Å². The van der Waals surface area contributed by atoms with E-state index in [1.54, 1.807) is 25.1 Å². The van der Waals surface area contributed by atoms with Gasteiger partial charge in [0.25, 0.3) is 5.91 Å². The molecule has 5 nitrogen and oxygen atoms in total. The molecule has 0 aliphatic heterocycles. The summed E-state index contributed by atoms with van der Waals surface area (Å²) in [6.45, 7) is 5.69. The number of halogens is 2. The average molecular weight is 482 g/mol. The maximum Gasteiger partial charge on any atom is 0.261 e. The Kier molecular flexibility index (Phi) is 8.99. The van der Waals surface area contributed by atoms with E-state index in [4.69, 9.17) is 16.3 Å². The van der Waals surface area contributed by atoms with Gasteiger partial charge in [0.15, 0.2) is 6.61 Å². The van der Waals surface area contributed by atoms with Gasteiger partial charge in [-0.05, 0) is 56.2 Å². The predicted octanol–water partition coefficient (Wildman–Crippen LogP) is 4.81. The van der Waals surface area contributed by atoms with Crippen molar-refractivity contribution in [2.75, 3.05) is 6.61 Å². The fourth-order valence-electron chi connectivity index (χ4n) is 2.62. The highest BCUT2D eigenvalue weighted by atomic mass is 79.9. The Hall–Kier alpha value is -2.05. The summed E-state index contributed by atoms with van der Waals surface area (Å²) in [6.07, 6.45) is 0.809. The van der Waals surface area contributed by atoms with Crippen molar-refractivity contribution in [2.24, 2.45) is 0 Å². The Bertz CT molecular complexity index is 829. The Morgan fingerprint density at radius 3 is 2.41 bits per heavy atom. The summed E-state index contributed by atoms with van der Waals surface area (Å²) in [7, 11) is 0. The molecule has 2 aromatic rings. The number of hydrogen-bond acceptors (Lipinski definition) is 3. The fourth-order valence-corrected chi connectivity index (χ4v) is 3.08. The SMILES string of the molecule is CCC(C)NC(=O)C(C)N(Cc1ccccc1Cl)C(=O)COc1ccc(Br)cc1. The molecule has 0 aliphatic carbocycles. The van der Waals surface area contributed by atoms with Gasteiger partial charge in [-0.25, -0.2) is 0 Å². The van der Waals surface area contributed by atoms with E-state index < -0.39 is 6.04 Å². The van der Waals surface area contributed by atoms with Crippen LogP contribution < -0.4 is 10.1 Å². The zero-order valence-electron chi connectivity index (χ0n) is 16.8. The van der Waals surface area contributed by atoms with Crippen LogP contribution in [0, 0.1) is 0 Å². The molecule has 2 rings (SSSR count). The normalized spacial score (nSPS) is 12.7. The molecule has 2 aromatic carbocycles. The number of ether oxygens (including phenoxy) is 1. The summed E-state index contributed by atoms with van der Waals surface area (Å²) in [5.41, 5.74) is 0.773. The second-order valence-electron chi connectivity index (χ2n) is 6.85. The lowest BCUT2D eigenvalue weighted by atomic mass is 10.1. The monoisotopic (exact) mass is 480 g/mol. The summed E-state index contributed by atoms with van der Waals surface area (Å²) in [5.74, 6) is 0.0824. The van der Waals surface area contributed by atoms with Gasteiger partial charge in [0.1, 0.15) is 11.8 Å². The molecule has 0 spiro atoms. The first-order chi connectivity index (χ1) is 13.8. The first-order valence-electron chi connectivity index (χ1n) is 9.53. The molecule has 7 heteroatoms. The van der Waals surface area contributed by atoms with E-state index in [0.717, 1.165) is 16.5 Å². The smallest absolute Gasteiger partial charge is 0.261 e. The Morgan fingerprint density at radius 2 is 1.79 bits per heavy atom. The van der Waals surface area contributed by atoms with Crippen LogP contribution in [0.1, 0.15) is 32.8 Å². The second kappa shape index (κ2) is 11.2. The van der Waals surface area contributed by atoms with Crippen LogP contribution in [0.3, 0.4) is 0 Å². The van der Waals surface area contributed by atoms with E-state index in [1.165, 1.54) is 4.90 Å². The van der Waals surface area contributed by atoms with E-state index in [2.05, 4.69) is 21.2 Å². The maximum atomic E-state index is 13.0. The highest BCUT2D eigenvalue weighted by Gasteiger charge is 2.27. The minimum Gasteiger partial charge on any atom is -0.484 e. The van der Waals surface area contributed by atoms with E-state index in [-0.39, 0.29) is 31.0 Å². The van der Waals surface area contributed by atoms with Crippen LogP contribution in [0.25, 0.3) is 0 Å². The van der Waals surface area contributed by atoms with Crippen molar-refractivity contribution >= 4 is 39.3 Å². The standard InChI is InChI=1S/C22H26BrClN2O3/c1-4-15(2)25-22(28)16(3)26(13-17-7-5-6-8-20(17)24)21(27)14-29-19-11-9-18(23)10-12-19/h5-12,15-16H,4,13-14H2,1-3H3,(H,25,28). The van der Waals surface area contributed by atoms with Crippen LogP contribution >= 0.6 is 27.5 Å². The number of rotatable bonds is 9. The highest BCUT2D eigenvalue weighted by Crippen LogP contribution is 2.20. The van der Waals surface area contributed by atoms with Gasteiger partial charge in [-0.15, -0.1) is 0 Å². The largest absolute Gasteiger partial charge is 0.484 e. The second-order valence-corrected chi connectivity index (χ2v) is 8.17. The maximum absolute atomic E-state index is 13.0. The third kappa shape index (κ3) is 7.05. The predicted molar refractivity (Wildman–Crippen MR) is 119 cm³/mol. The van der Waals surface area contributed by atoms with Crippen LogP contribution in [0.15, 0.2) is 53.0 Å². The van der Waals surface area contributed by atoms with Crippen molar-refractivity contribution in [1.29, 1.82) is 0 Å². The van der Waals surface area contributed by atoms with Gasteiger partial charge < -0.3 is 15.0 Å². The number of nitrogens with one attached hydrogen (secondary N) is 1. The van der Waals surface area contributed by atoms with Gasteiger partial charge in [0.2, 0.25) is 5.91 Å². The van der Waals surface area contributed by atoms with Crippen LogP contribution in [0.2, 0.25) is 5.02 Å². The number of nitrogens with zero attached hydrogens (tertiary/aromatic N) is 1. The van der Waals surface area contributed by atoms with Gasteiger partial charge >= 0.3 is 0 Å². The number of benzene rings is 2. The van der Waals surface area contributed by atoms with Crippen molar-refractivity contribution in [3.05, 3.63) is 63.6 Å². The molecular formula is C22H26BrClN2O3. The lowest BCUT2D eigenvalue weighted by molar-refractivity contribution is -0.142. The summed E-state index contributed by atoms with van der Waals surface area (Å²) < 4.78 is 6.55. The summed E-state index contributed by atoms with van der Waals surface area (Å²) in [6, 6.07) is 13.9. The molecule has 0 radical (unpaired) electrons. The lowest BCUT2D eigenvalue weighted by Gasteiger charge is -2.30. The molecule has 0 saturated heterocycles. The Labute approximate surface area is 185 Å². The molecule has 0 saturated carbocycles. The molecular weight excluding hydrogens is 456 g/mol. The number of carbonyl (C=O) groups excluding carboxylic acids is 2. The van der Waals surface area contributed by atoms with Gasteiger partial charge in [-0.2, -0.15) is 0 Å².